The first-order chi connectivity index (χ1) is 15.3. The molecule has 1 aliphatic rings. The number of benzene rings is 3. The number of rotatable bonds is 4. The molecule has 0 bridgehead atoms. The number of urea groups is 1. The third-order valence-corrected chi connectivity index (χ3v) is 5.33. The van der Waals surface area contributed by atoms with Crippen LogP contribution in [-0.4, -0.2) is 35.2 Å². The summed E-state index contributed by atoms with van der Waals surface area (Å²) in [6.07, 6.45) is 0. The smallest absolute Gasteiger partial charge is 0.319 e. The summed E-state index contributed by atoms with van der Waals surface area (Å²) >= 11 is 0. The monoisotopic (exact) mass is 434 g/mol. The number of amides is 5. The van der Waals surface area contributed by atoms with E-state index in [4.69, 9.17) is 0 Å². The highest BCUT2D eigenvalue weighted by atomic mass is 19.1. The van der Waals surface area contributed by atoms with Crippen molar-refractivity contribution in [3.63, 3.8) is 0 Å². The quantitative estimate of drug-likeness (QED) is 0.432. The Morgan fingerprint density at radius 2 is 1.66 bits per heavy atom. The average Bonchev–Trinajstić information content (AvgIpc) is 3.01. The fourth-order valence-electron chi connectivity index (χ4n) is 3.52. The minimum atomic E-state index is -1.33. The third-order valence-electron chi connectivity index (χ3n) is 5.33. The van der Waals surface area contributed by atoms with Crippen molar-refractivity contribution < 1.29 is 23.6 Å². The van der Waals surface area contributed by atoms with Crippen LogP contribution in [0.4, 0.5) is 9.18 Å². The molecular formula is C23H19FN4O4. The zero-order valence-corrected chi connectivity index (χ0v) is 17.0. The van der Waals surface area contributed by atoms with Crippen molar-refractivity contribution in [3.05, 3.63) is 83.7 Å². The zero-order chi connectivity index (χ0) is 22.9. The van der Waals surface area contributed by atoms with E-state index in [0.29, 0.717) is 5.56 Å². The van der Waals surface area contributed by atoms with Gasteiger partial charge in [-0.05, 0) is 53.6 Å². The molecule has 1 unspecified atom stereocenters. The van der Waals surface area contributed by atoms with Gasteiger partial charge in [0.05, 0.1) is 0 Å². The Balaban J connectivity index is 1.43. The predicted molar refractivity (Wildman–Crippen MR) is 114 cm³/mol. The molecule has 4 rings (SSSR count). The summed E-state index contributed by atoms with van der Waals surface area (Å²) in [6, 6.07) is 17.1. The number of imide groups is 1. The Kier molecular flexibility index (Phi) is 5.31. The van der Waals surface area contributed by atoms with E-state index >= 15 is 0 Å². The van der Waals surface area contributed by atoms with E-state index in [9.17, 15) is 23.6 Å². The van der Waals surface area contributed by atoms with Crippen LogP contribution in [0.25, 0.3) is 10.8 Å². The molecule has 3 aromatic rings. The van der Waals surface area contributed by atoms with Crippen LogP contribution in [0.5, 0.6) is 0 Å². The van der Waals surface area contributed by atoms with Gasteiger partial charge in [-0.15, -0.1) is 0 Å². The Morgan fingerprint density at radius 1 is 0.969 bits per heavy atom. The lowest BCUT2D eigenvalue weighted by molar-refractivity contribution is -0.135. The zero-order valence-electron chi connectivity index (χ0n) is 17.0. The van der Waals surface area contributed by atoms with Gasteiger partial charge in [-0.3, -0.25) is 30.1 Å². The molecule has 1 fully saturated rings. The van der Waals surface area contributed by atoms with Crippen molar-refractivity contribution in [1.82, 2.24) is 21.1 Å². The van der Waals surface area contributed by atoms with Gasteiger partial charge in [0.1, 0.15) is 17.9 Å². The second kappa shape index (κ2) is 8.10. The number of hydrogen-bond acceptors (Lipinski definition) is 4. The van der Waals surface area contributed by atoms with Crippen LogP contribution in [0.2, 0.25) is 0 Å². The minimum absolute atomic E-state index is 0.130. The Hall–Kier alpha value is -4.27. The summed E-state index contributed by atoms with van der Waals surface area (Å²) in [7, 11) is 0. The molecule has 162 valence electrons. The van der Waals surface area contributed by atoms with Crippen LogP contribution < -0.4 is 16.2 Å². The number of nitrogens with zero attached hydrogens (tertiary/aromatic N) is 1. The van der Waals surface area contributed by atoms with Crippen LogP contribution >= 0.6 is 0 Å². The number of fused-ring (bicyclic) bond motifs is 1. The normalized spacial score (nSPS) is 17.9. The largest absolute Gasteiger partial charge is 0.325 e. The van der Waals surface area contributed by atoms with Crippen LogP contribution in [0, 0.1) is 5.82 Å². The van der Waals surface area contributed by atoms with Crippen molar-refractivity contribution in [2.75, 3.05) is 6.54 Å². The molecule has 3 N–H and O–H groups in total. The predicted octanol–water partition coefficient (Wildman–Crippen LogP) is 2.21. The number of hydrazine groups is 1. The van der Waals surface area contributed by atoms with E-state index in [0.717, 1.165) is 27.8 Å². The van der Waals surface area contributed by atoms with Gasteiger partial charge in [0.2, 0.25) is 0 Å². The maximum absolute atomic E-state index is 13.0. The number of hydrogen-bond donors (Lipinski definition) is 3. The summed E-state index contributed by atoms with van der Waals surface area (Å²) < 4.78 is 13.0. The van der Waals surface area contributed by atoms with Gasteiger partial charge in [-0.1, -0.05) is 36.4 Å². The van der Waals surface area contributed by atoms with Gasteiger partial charge in [-0.25, -0.2) is 9.18 Å². The highest BCUT2D eigenvalue weighted by Crippen LogP contribution is 2.30. The van der Waals surface area contributed by atoms with E-state index in [-0.39, 0.29) is 5.56 Å². The molecule has 0 spiro atoms. The first kappa shape index (κ1) is 21.0. The molecule has 0 radical (unpaired) electrons. The van der Waals surface area contributed by atoms with Crippen molar-refractivity contribution >= 4 is 34.5 Å². The van der Waals surface area contributed by atoms with Gasteiger partial charge in [0, 0.05) is 5.56 Å². The van der Waals surface area contributed by atoms with E-state index in [1.54, 1.807) is 13.0 Å². The third kappa shape index (κ3) is 3.87. The lowest BCUT2D eigenvalue weighted by Gasteiger charge is -2.22. The highest BCUT2D eigenvalue weighted by Gasteiger charge is 2.49. The Morgan fingerprint density at radius 3 is 2.38 bits per heavy atom. The first-order valence-electron chi connectivity index (χ1n) is 9.76. The molecule has 5 amide bonds. The Labute approximate surface area is 182 Å². The van der Waals surface area contributed by atoms with E-state index in [1.807, 2.05) is 36.4 Å². The molecule has 1 saturated heterocycles. The van der Waals surface area contributed by atoms with Crippen LogP contribution in [0.1, 0.15) is 22.8 Å². The minimum Gasteiger partial charge on any atom is -0.319 e. The van der Waals surface area contributed by atoms with E-state index < -0.39 is 41.7 Å². The molecule has 1 heterocycles. The number of carbonyl (C=O) groups excluding carboxylic acids is 4. The SMILES string of the molecule is CC1(c2ccc3ccccc3c2)NC(=O)N(CC(=O)NNC(=O)c2ccc(F)cc2)C1=O. The first-order valence-corrected chi connectivity index (χ1v) is 9.76. The van der Waals surface area contributed by atoms with E-state index in [1.165, 1.54) is 12.1 Å². The molecule has 0 saturated carbocycles. The maximum Gasteiger partial charge on any atom is 0.325 e. The van der Waals surface area contributed by atoms with Gasteiger partial charge >= 0.3 is 6.03 Å². The second-order valence-corrected chi connectivity index (χ2v) is 7.52. The number of carbonyl (C=O) groups is 4. The maximum atomic E-state index is 13.0. The van der Waals surface area contributed by atoms with Crippen molar-refractivity contribution in [1.29, 1.82) is 0 Å². The molecule has 32 heavy (non-hydrogen) atoms. The number of nitrogens with one attached hydrogen (secondary N) is 3. The van der Waals surface area contributed by atoms with Gasteiger partial charge in [0.15, 0.2) is 0 Å². The summed E-state index contributed by atoms with van der Waals surface area (Å²) in [5.41, 5.74) is 3.69. The number of halogens is 1. The molecule has 1 atom stereocenters. The summed E-state index contributed by atoms with van der Waals surface area (Å²) in [5.74, 6) is -2.53. The second-order valence-electron chi connectivity index (χ2n) is 7.52. The molecule has 0 aromatic heterocycles. The molecule has 1 aliphatic heterocycles. The van der Waals surface area contributed by atoms with Gasteiger partial charge in [0.25, 0.3) is 17.7 Å². The van der Waals surface area contributed by atoms with Crippen molar-refractivity contribution in [2.24, 2.45) is 0 Å². The van der Waals surface area contributed by atoms with Crippen molar-refractivity contribution in [3.8, 4) is 0 Å². The molecule has 3 aromatic carbocycles. The molecular weight excluding hydrogens is 415 g/mol. The average molecular weight is 434 g/mol. The summed E-state index contributed by atoms with van der Waals surface area (Å²) in [5, 5.41) is 4.55. The highest BCUT2D eigenvalue weighted by molar-refractivity contribution is 6.09. The van der Waals surface area contributed by atoms with E-state index in [2.05, 4.69) is 16.2 Å². The lowest BCUT2D eigenvalue weighted by atomic mass is 9.90. The fraction of sp³-hybridized carbons (Fsp3) is 0.130. The summed E-state index contributed by atoms with van der Waals surface area (Å²) in [6.45, 7) is 0.989. The van der Waals surface area contributed by atoms with Gasteiger partial charge in [-0.2, -0.15) is 0 Å². The van der Waals surface area contributed by atoms with Gasteiger partial charge < -0.3 is 5.32 Å². The lowest BCUT2D eigenvalue weighted by Crippen LogP contribution is -2.48. The topological polar surface area (TPSA) is 108 Å². The fourth-order valence-corrected chi connectivity index (χ4v) is 3.52. The molecule has 0 aliphatic carbocycles. The molecule has 9 heteroatoms. The van der Waals surface area contributed by atoms with Crippen LogP contribution in [-0.2, 0) is 15.1 Å². The van der Waals surface area contributed by atoms with Crippen LogP contribution in [0.3, 0.4) is 0 Å². The molecule has 8 nitrogen and oxygen atoms in total. The Bertz CT molecular complexity index is 1240. The standard InChI is InChI=1S/C23H19FN4O4/c1-23(17-9-6-14-4-2-3-5-16(14)12-17)21(31)28(22(32)25-23)13-19(29)26-27-20(30)15-7-10-18(24)11-8-15/h2-12H,13H2,1H3,(H,25,32)(H,26,29)(H,27,30). The summed E-state index contributed by atoms with van der Waals surface area (Å²) in [4.78, 5) is 50.5. The van der Waals surface area contributed by atoms with Crippen LogP contribution in [0.15, 0.2) is 66.7 Å². The van der Waals surface area contributed by atoms with Crippen molar-refractivity contribution in [2.45, 2.75) is 12.5 Å².